The fourth-order valence-corrected chi connectivity index (χ4v) is 5.08. The molecule has 0 saturated heterocycles. The van der Waals surface area contributed by atoms with Crippen LogP contribution < -0.4 is 0 Å². The van der Waals surface area contributed by atoms with Gasteiger partial charge in [0, 0.05) is 18.9 Å². The van der Waals surface area contributed by atoms with E-state index in [4.69, 9.17) is 4.74 Å². The smallest absolute Gasteiger partial charge is 0.112 e. The van der Waals surface area contributed by atoms with Crippen LogP contribution in [0.4, 0.5) is 0 Å². The molecule has 0 aliphatic rings. The molecule has 0 saturated carbocycles. The Morgan fingerprint density at radius 2 is 1.20 bits per heavy atom. The van der Waals surface area contributed by atoms with Crippen LogP contribution in [0.1, 0.15) is 85.0 Å². The molecule has 0 unspecified atom stereocenters. The van der Waals surface area contributed by atoms with Crippen molar-refractivity contribution in [3.63, 3.8) is 0 Å². The Morgan fingerprint density at radius 3 is 1.75 bits per heavy atom. The molecule has 0 heterocycles. The molecule has 0 N–H and O–H groups in total. The van der Waals surface area contributed by atoms with Crippen LogP contribution in [0.25, 0.3) is 0 Å². The summed E-state index contributed by atoms with van der Waals surface area (Å²) < 4.78 is 18.5. The van der Waals surface area contributed by atoms with Gasteiger partial charge >= 0.3 is 0 Å². The highest BCUT2D eigenvalue weighted by Gasteiger charge is 2.20. The van der Waals surface area contributed by atoms with Gasteiger partial charge in [0.2, 0.25) is 0 Å². The van der Waals surface area contributed by atoms with E-state index in [1.165, 1.54) is 32.1 Å². The zero-order valence-corrected chi connectivity index (χ0v) is 15.1. The van der Waals surface area contributed by atoms with Gasteiger partial charge in [0.1, 0.15) is 7.14 Å². The summed E-state index contributed by atoms with van der Waals surface area (Å²) in [5.74, 6) is 0. The minimum atomic E-state index is -2.04. The quantitative estimate of drug-likeness (QED) is 0.263. The lowest BCUT2D eigenvalue weighted by atomic mass is 10.1. The molecule has 0 aromatic rings. The van der Waals surface area contributed by atoms with E-state index in [-0.39, 0.29) is 0 Å². The van der Waals surface area contributed by atoms with Gasteiger partial charge in [0.25, 0.3) is 0 Å². The van der Waals surface area contributed by atoms with Crippen molar-refractivity contribution < 1.29 is 9.30 Å². The standard InChI is InChI=1S/C17H37O2P/c1-4-7-10-11-12-13-14-19-17-20(18,15-8-5-2)16-9-6-3/h4-17H2,1-3H3. The monoisotopic (exact) mass is 304 g/mol. The average Bonchev–Trinajstić information content (AvgIpc) is 2.46. The van der Waals surface area contributed by atoms with E-state index < -0.39 is 7.14 Å². The van der Waals surface area contributed by atoms with E-state index >= 15 is 0 Å². The Hall–Kier alpha value is 0.190. The summed E-state index contributed by atoms with van der Waals surface area (Å²) in [6, 6.07) is 0. The van der Waals surface area contributed by atoms with Gasteiger partial charge < -0.3 is 9.30 Å². The van der Waals surface area contributed by atoms with Crippen molar-refractivity contribution >= 4 is 7.14 Å². The number of rotatable bonds is 15. The minimum absolute atomic E-state index is 0.530. The van der Waals surface area contributed by atoms with E-state index in [1.54, 1.807) is 0 Å². The van der Waals surface area contributed by atoms with Gasteiger partial charge in [-0.1, -0.05) is 65.7 Å². The van der Waals surface area contributed by atoms with Crippen molar-refractivity contribution in [2.24, 2.45) is 0 Å². The Morgan fingerprint density at radius 1 is 0.700 bits per heavy atom. The van der Waals surface area contributed by atoms with Crippen LogP contribution in [-0.2, 0) is 9.30 Å². The molecule has 0 aliphatic carbocycles. The molecule has 0 atom stereocenters. The predicted octanol–water partition coefficient (Wildman–Crippen LogP) is 6.28. The van der Waals surface area contributed by atoms with Crippen molar-refractivity contribution in [2.45, 2.75) is 85.0 Å². The Balaban J connectivity index is 3.70. The fourth-order valence-electron chi connectivity index (χ4n) is 2.35. The van der Waals surface area contributed by atoms with Gasteiger partial charge in [-0.25, -0.2) is 0 Å². The highest BCUT2D eigenvalue weighted by Crippen LogP contribution is 2.47. The second kappa shape index (κ2) is 14.1. The maximum Gasteiger partial charge on any atom is 0.112 e. The van der Waals surface area contributed by atoms with Crippen molar-refractivity contribution in [1.29, 1.82) is 0 Å². The van der Waals surface area contributed by atoms with Crippen LogP contribution in [-0.4, -0.2) is 25.3 Å². The zero-order chi connectivity index (χ0) is 15.1. The highest BCUT2D eigenvalue weighted by molar-refractivity contribution is 7.63. The summed E-state index contributed by atoms with van der Waals surface area (Å²) >= 11 is 0. The summed E-state index contributed by atoms with van der Waals surface area (Å²) in [6.07, 6.45) is 14.5. The summed E-state index contributed by atoms with van der Waals surface area (Å²) in [4.78, 5) is 0. The molecule has 0 spiro atoms. The fraction of sp³-hybridized carbons (Fsp3) is 1.00. The zero-order valence-electron chi connectivity index (χ0n) is 14.2. The number of ether oxygens (including phenoxy) is 1. The molecule has 2 nitrogen and oxygen atoms in total. The van der Waals surface area contributed by atoms with Crippen molar-refractivity contribution in [3.8, 4) is 0 Å². The number of hydrogen-bond donors (Lipinski definition) is 0. The third-order valence-corrected chi connectivity index (χ3v) is 6.72. The molecule has 0 radical (unpaired) electrons. The summed E-state index contributed by atoms with van der Waals surface area (Å²) in [5, 5.41) is 0. The average molecular weight is 304 g/mol. The Kier molecular flexibility index (Phi) is 14.3. The molecule has 0 aliphatic heterocycles. The van der Waals surface area contributed by atoms with E-state index in [1.807, 2.05) is 0 Å². The molecule has 0 amide bonds. The molecule has 122 valence electrons. The second-order valence-corrected chi connectivity index (χ2v) is 9.29. The lowest BCUT2D eigenvalue weighted by Gasteiger charge is -2.18. The van der Waals surface area contributed by atoms with Crippen LogP contribution >= 0.6 is 7.14 Å². The van der Waals surface area contributed by atoms with Gasteiger partial charge in [-0.2, -0.15) is 0 Å². The maximum absolute atomic E-state index is 12.8. The lowest BCUT2D eigenvalue weighted by Crippen LogP contribution is -2.05. The van der Waals surface area contributed by atoms with E-state index in [0.717, 1.165) is 51.0 Å². The van der Waals surface area contributed by atoms with Crippen LogP contribution in [0.2, 0.25) is 0 Å². The predicted molar refractivity (Wildman–Crippen MR) is 91.4 cm³/mol. The third kappa shape index (κ3) is 12.0. The number of unbranched alkanes of at least 4 members (excludes halogenated alkanes) is 7. The van der Waals surface area contributed by atoms with Crippen molar-refractivity contribution in [2.75, 3.05) is 25.3 Å². The summed E-state index contributed by atoms with van der Waals surface area (Å²) in [6.45, 7) is 7.38. The molecular formula is C17H37O2P. The lowest BCUT2D eigenvalue weighted by molar-refractivity contribution is 0.169. The SMILES string of the molecule is CCCCCCCCOCP(=O)(CCCC)CCCC. The molecule has 0 bridgehead atoms. The molecule has 0 fully saturated rings. The van der Waals surface area contributed by atoms with E-state index in [0.29, 0.717) is 6.35 Å². The number of hydrogen-bond acceptors (Lipinski definition) is 2. The van der Waals surface area contributed by atoms with Crippen LogP contribution in [0, 0.1) is 0 Å². The van der Waals surface area contributed by atoms with Gasteiger partial charge in [-0.15, -0.1) is 0 Å². The molecule has 0 aromatic carbocycles. The summed E-state index contributed by atoms with van der Waals surface area (Å²) in [7, 11) is -2.04. The van der Waals surface area contributed by atoms with Crippen molar-refractivity contribution in [1.82, 2.24) is 0 Å². The molecular weight excluding hydrogens is 267 g/mol. The molecule has 20 heavy (non-hydrogen) atoms. The van der Waals surface area contributed by atoms with Gasteiger partial charge in [-0.05, 0) is 19.3 Å². The minimum Gasteiger partial charge on any atom is -0.374 e. The maximum atomic E-state index is 12.8. The first-order valence-corrected chi connectivity index (χ1v) is 11.1. The van der Waals surface area contributed by atoms with E-state index in [2.05, 4.69) is 20.8 Å². The third-order valence-electron chi connectivity index (χ3n) is 3.81. The Bertz CT molecular complexity index is 229. The van der Waals surface area contributed by atoms with Gasteiger partial charge in [-0.3, -0.25) is 0 Å². The first-order chi connectivity index (χ1) is 9.68. The Labute approximate surface area is 127 Å². The van der Waals surface area contributed by atoms with Crippen LogP contribution in [0.5, 0.6) is 0 Å². The van der Waals surface area contributed by atoms with Crippen LogP contribution in [0.15, 0.2) is 0 Å². The van der Waals surface area contributed by atoms with Crippen LogP contribution in [0.3, 0.4) is 0 Å². The topological polar surface area (TPSA) is 26.3 Å². The molecule has 0 rings (SSSR count). The van der Waals surface area contributed by atoms with Crippen molar-refractivity contribution in [3.05, 3.63) is 0 Å². The first-order valence-electron chi connectivity index (χ1n) is 8.83. The largest absolute Gasteiger partial charge is 0.374 e. The molecule has 3 heteroatoms. The van der Waals surface area contributed by atoms with Gasteiger partial charge in [0.05, 0.1) is 6.35 Å². The summed E-state index contributed by atoms with van der Waals surface area (Å²) in [5.41, 5.74) is 0. The van der Waals surface area contributed by atoms with E-state index in [9.17, 15) is 4.57 Å². The molecule has 0 aromatic heterocycles. The first kappa shape index (κ1) is 20.2. The normalized spacial score (nSPS) is 11.9. The van der Waals surface area contributed by atoms with Gasteiger partial charge in [0.15, 0.2) is 0 Å². The highest BCUT2D eigenvalue weighted by atomic mass is 31.2. The second-order valence-electron chi connectivity index (χ2n) is 6.02.